The van der Waals surface area contributed by atoms with Crippen molar-refractivity contribution in [2.24, 2.45) is 0 Å². The fourth-order valence-corrected chi connectivity index (χ4v) is 5.45. The number of hydrogen-bond donors (Lipinski definition) is 1. The van der Waals surface area contributed by atoms with Crippen molar-refractivity contribution in [1.82, 2.24) is 4.57 Å². The molecular formula is C22H20N2O3S2. The van der Waals surface area contributed by atoms with Gasteiger partial charge in [0.25, 0.3) is 10.0 Å². The van der Waals surface area contributed by atoms with Gasteiger partial charge in [-0.2, -0.15) is 0 Å². The normalized spacial score (nSPS) is 11.7. The lowest BCUT2D eigenvalue weighted by molar-refractivity contribution is 0.601. The van der Waals surface area contributed by atoms with Crippen molar-refractivity contribution in [1.29, 1.82) is 0 Å². The quantitative estimate of drug-likeness (QED) is 0.512. The molecule has 1 heterocycles. The van der Waals surface area contributed by atoms with Crippen LogP contribution in [0.25, 0.3) is 10.2 Å². The van der Waals surface area contributed by atoms with Crippen molar-refractivity contribution in [3.05, 3.63) is 93.1 Å². The second-order valence-corrected chi connectivity index (χ2v) is 9.73. The summed E-state index contributed by atoms with van der Waals surface area (Å²) in [6.45, 7) is 4.29. The summed E-state index contributed by atoms with van der Waals surface area (Å²) in [6.07, 6.45) is 0. The molecule has 0 amide bonds. The molecular weight excluding hydrogens is 404 g/mol. The zero-order valence-corrected chi connectivity index (χ0v) is 17.7. The van der Waals surface area contributed by atoms with Crippen molar-refractivity contribution < 1.29 is 8.42 Å². The van der Waals surface area contributed by atoms with Gasteiger partial charge in [0, 0.05) is 5.69 Å². The maximum absolute atomic E-state index is 12.9. The highest BCUT2D eigenvalue weighted by molar-refractivity contribution is 7.92. The number of nitrogens with zero attached hydrogens (tertiary/aromatic N) is 1. The molecule has 0 saturated heterocycles. The molecule has 0 aliphatic carbocycles. The van der Waals surface area contributed by atoms with Crippen molar-refractivity contribution in [3.8, 4) is 0 Å². The highest BCUT2D eigenvalue weighted by Crippen LogP contribution is 2.25. The van der Waals surface area contributed by atoms with E-state index >= 15 is 0 Å². The molecule has 0 aliphatic heterocycles. The average Bonchev–Trinajstić information content (AvgIpc) is 2.96. The number of anilines is 1. The number of nitrogens with one attached hydrogen (secondary N) is 1. The third kappa shape index (κ3) is 4.11. The van der Waals surface area contributed by atoms with E-state index in [1.807, 2.05) is 50.2 Å². The van der Waals surface area contributed by atoms with E-state index in [1.54, 1.807) is 34.9 Å². The number of thiazole rings is 1. The van der Waals surface area contributed by atoms with Gasteiger partial charge >= 0.3 is 4.87 Å². The average molecular weight is 425 g/mol. The number of aromatic nitrogens is 1. The van der Waals surface area contributed by atoms with Gasteiger partial charge in [0.2, 0.25) is 0 Å². The SMILES string of the molecule is Cc1cc(C)cc(NS(=O)(=O)c2ccc3c(c2)sc(=O)n3Cc2ccccc2)c1. The summed E-state index contributed by atoms with van der Waals surface area (Å²) in [5, 5.41) is 0. The van der Waals surface area contributed by atoms with Crippen LogP contribution >= 0.6 is 11.3 Å². The first kappa shape index (κ1) is 19.4. The highest BCUT2D eigenvalue weighted by atomic mass is 32.2. The van der Waals surface area contributed by atoms with E-state index in [0.29, 0.717) is 16.9 Å². The van der Waals surface area contributed by atoms with E-state index in [-0.39, 0.29) is 9.77 Å². The van der Waals surface area contributed by atoms with Gasteiger partial charge in [-0.1, -0.05) is 47.7 Å². The molecule has 29 heavy (non-hydrogen) atoms. The zero-order chi connectivity index (χ0) is 20.6. The van der Waals surface area contributed by atoms with Gasteiger partial charge in [-0.3, -0.25) is 14.1 Å². The maximum atomic E-state index is 12.9. The summed E-state index contributed by atoms with van der Waals surface area (Å²) in [5.41, 5.74) is 4.23. The Bertz CT molecular complexity index is 1330. The van der Waals surface area contributed by atoms with Crippen LogP contribution in [-0.4, -0.2) is 13.0 Å². The topological polar surface area (TPSA) is 68.2 Å². The molecule has 0 spiro atoms. The van der Waals surface area contributed by atoms with E-state index in [9.17, 15) is 13.2 Å². The molecule has 0 radical (unpaired) electrons. The molecule has 1 aromatic heterocycles. The standard InChI is InChI=1S/C22H20N2O3S2/c1-15-10-16(2)12-18(11-15)23-29(26,27)19-8-9-20-21(13-19)28-22(25)24(20)14-17-6-4-3-5-7-17/h3-13,23H,14H2,1-2H3. The number of benzene rings is 3. The first-order valence-corrected chi connectivity index (χ1v) is 11.4. The van der Waals surface area contributed by atoms with Crippen LogP contribution in [0, 0.1) is 13.8 Å². The molecule has 0 saturated carbocycles. The minimum absolute atomic E-state index is 0.110. The first-order chi connectivity index (χ1) is 13.8. The molecule has 7 heteroatoms. The summed E-state index contributed by atoms with van der Waals surface area (Å²) in [6, 6.07) is 20.1. The Balaban J connectivity index is 1.69. The van der Waals surface area contributed by atoms with Crippen molar-refractivity contribution >= 4 is 37.3 Å². The second kappa shape index (κ2) is 7.50. The molecule has 0 unspecified atom stereocenters. The Kier molecular flexibility index (Phi) is 5.02. The van der Waals surface area contributed by atoms with Crippen LogP contribution in [-0.2, 0) is 16.6 Å². The van der Waals surface area contributed by atoms with E-state index in [4.69, 9.17) is 0 Å². The van der Waals surface area contributed by atoms with Gasteiger partial charge in [-0.15, -0.1) is 0 Å². The number of aryl methyl sites for hydroxylation is 2. The Morgan fingerprint density at radius 3 is 2.31 bits per heavy atom. The lowest BCUT2D eigenvalue weighted by atomic mass is 10.1. The summed E-state index contributed by atoms with van der Waals surface area (Å²) >= 11 is 1.05. The number of rotatable bonds is 5. The third-order valence-corrected chi connectivity index (χ3v) is 6.93. The maximum Gasteiger partial charge on any atom is 0.308 e. The predicted octanol–water partition coefficient (Wildman–Crippen LogP) is 4.53. The number of hydrogen-bond acceptors (Lipinski definition) is 4. The van der Waals surface area contributed by atoms with Gasteiger partial charge in [-0.05, 0) is 60.9 Å². The molecule has 4 aromatic rings. The van der Waals surface area contributed by atoms with Crippen molar-refractivity contribution in [2.75, 3.05) is 4.72 Å². The largest absolute Gasteiger partial charge is 0.308 e. The number of sulfonamides is 1. The lowest BCUT2D eigenvalue weighted by Gasteiger charge is -2.10. The monoisotopic (exact) mass is 424 g/mol. The van der Waals surface area contributed by atoms with Gasteiger partial charge in [0.15, 0.2) is 0 Å². The summed E-state index contributed by atoms with van der Waals surface area (Å²) < 4.78 is 30.7. The van der Waals surface area contributed by atoms with Crippen molar-refractivity contribution in [2.45, 2.75) is 25.3 Å². The molecule has 0 fully saturated rings. The molecule has 1 N–H and O–H groups in total. The molecule has 0 aliphatic rings. The predicted molar refractivity (Wildman–Crippen MR) is 118 cm³/mol. The summed E-state index contributed by atoms with van der Waals surface area (Å²) in [7, 11) is -3.76. The van der Waals surface area contributed by atoms with Crippen LogP contribution in [0.3, 0.4) is 0 Å². The smallest absolute Gasteiger partial charge is 0.294 e. The molecule has 4 rings (SSSR count). The number of fused-ring (bicyclic) bond motifs is 1. The van der Waals surface area contributed by atoms with E-state index in [2.05, 4.69) is 4.72 Å². The van der Waals surface area contributed by atoms with Gasteiger partial charge < -0.3 is 0 Å². The minimum Gasteiger partial charge on any atom is -0.294 e. The highest BCUT2D eigenvalue weighted by Gasteiger charge is 2.17. The fraction of sp³-hybridized carbons (Fsp3) is 0.136. The van der Waals surface area contributed by atoms with Crippen LogP contribution in [0.1, 0.15) is 16.7 Å². The molecule has 5 nitrogen and oxygen atoms in total. The van der Waals surface area contributed by atoms with Crippen LogP contribution in [0.4, 0.5) is 5.69 Å². The summed E-state index contributed by atoms with van der Waals surface area (Å²) in [4.78, 5) is 12.5. The zero-order valence-electron chi connectivity index (χ0n) is 16.0. The Morgan fingerprint density at radius 2 is 1.62 bits per heavy atom. The van der Waals surface area contributed by atoms with Gasteiger partial charge in [0.1, 0.15) is 0 Å². The molecule has 0 atom stereocenters. The first-order valence-electron chi connectivity index (χ1n) is 9.10. The lowest BCUT2D eigenvalue weighted by Crippen LogP contribution is -2.14. The fourth-order valence-electron chi connectivity index (χ4n) is 3.38. The van der Waals surface area contributed by atoms with Crippen LogP contribution < -0.4 is 9.60 Å². The minimum atomic E-state index is -3.76. The Morgan fingerprint density at radius 1 is 0.931 bits per heavy atom. The Hall–Kier alpha value is -2.90. The molecule has 3 aromatic carbocycles. The third-order valence-electron chi connectivity index (χ3n) is 4.61. The Labute approximate surface area is 173 Å². The molecule has 148 valence electrons. The van der Waals surface area contributed by atoms with Crippen LogP contribution in [0.15, 0.2) is 76.4 Å². The second-order valence-electron chi connectivity index (χ2n) is 7.05. The van der Waals surface area contributed by atoms with Crippen LogP contribution in [0.5, 0.6) is 0 Å². The van der Waals surface area contributed by atoms with E-state index < -0.39 is 10.0 Å². The van der Waals surface area contributed by atoms with E-state index in [0.717, 1.165) is 33.5 Å². The van der Waals surface area contributed by atoms with E-state index in [1.165, 1.54) is 0 Å². The van der Waals surface area contributed by atoms with Crippen molar-refractivity contribution in [3.63, 3.8) is 0 Å². The van der Waals surface area contributed by atoms with Gasteiger partial charge in [-0.25, -0.2) is 8.42 Å². The van der Waals surface area contributed by atoms with Crippen LogP contribution in [0.2, 0.25) is 0 Å². The van der Waals surface area contributed by atoms with Gasteiger partial charge in [0.05, 0.1) is 21.7 Å². The summed E-state index contributed by atoms with van der Waals surface area (Å²) in [5.74, 6) is 0. The molecule has 0 bridgehead atoms.